The van der Waals surface area contributed by atoms with Gasteiger partial charge in [-0.05, 0) is 82.6 Å². The van der Waals surface area contributed by atoms with Crippen LogP contribution < -0.4 is 0 Å². The number of benzene rings is 3. The van der Waals surface area contributed by atoms with Crippen molar-refractivity contribution in [3.63, 3.8) is 0 Å². The summed E-state index contributed by atoms with van der Waals surface area (Å²) in [6.45, 7) is 40.7. The number of hydrogen-bond donors (Lipinski definition) is 1. The molecule has 0 saturated carbocycles. The fourth-order valence-electron chi connectivity index (χ4n) is 6.96. The summed E-state index contributed by atoms with van der Waals surface area (Å²) in [7, 11) is 0. The summed E-state index contributed by atoms with van der Waals surface area (Å²) in [5, 5.41) is 11.1. The Balaban J connectivity index is 2.83. The summed E-state index contributed by atoms with van der Waals surface area (Å²) in [6.07, 6.45) is -0.0547. The topological polar surface area (TPSA) is 37.3 Å². The minimum Gasteiger partial charge on any atom is -0.481 e. The van der Waals surface area contributed by atoms with Crippen LogP contribution in [0.2, 0.25) is 0 Å². The second-order valence-electron chi connectivity index (χ2n) is 20.3. The zero-order valence-electron chi connectivity index (χ0n) is 33.3. The van der Waals surface area contributed by atoms with Crippen LogP contribution in [0.1, 0.15) is 181 Å². The molecular weight excluding hydrogens is 572 g/mol. The molecule has 0 fully saturated rings. The van der Waals surface area contributed by atoms with Gasteiger partial charge in [0.25, 0.3) is 0 Å². The largest absolute Gasteiger partial charge is 0.481 e. The van der Waals surface area contributed by atoms with Gasteiger partial charge in [0, 0.05) is 0 Å². The van der Waals surface area contributed by atoms with E-state index in [0.29, 0.717) is 0 Å². The minimum absolute atomic E-state index is 0.0517. The van der Waals surface area contributed by atoms with E-state index in [4.69, 9.17) is 0 Å². The number of rotatable bonds is 5. The highest BCUT2D eigenvalue weighted by Gasteiger charge is 2.47. The highest BCUT2D eigenvalue weighted by atomic mass is 16.4. The molecule has 0 amide bonds. The van der Waals surface area contributed by atoms with E-state index in [1.807, 2.05) is 0 Å². The molecule has 3 aromatic carbocycles. The molecule has 3 rings (SSSR count). The predicted molar refractivity (Wildman–Crippen MR) is 204 cm³/mol. The maximum atomic E-state index is 13.5. The van der Waals surface area contributed by atoms with Crippen LogP contribution in [-0.2, 0) is 42.7 Å². The molecule has 0 aromatic heterocycles. The van der Waals surface area contributed by atoms with Crippen LogP contribution in [0.3, 0.4) is 0 Å². The molecule has 47 heavy (non-hydrogen) atoms. The van der Waals surface area contributed by atoms with Gasteiger partial charge in [0.05, 0.1) is 11.8 Å². The minimum atomic E-state index is -0.955. The fourth-order valence-corrected chi connectivity index (χ4v) is 6.96. The van der Waals surface area contributed by atoms with Crippen molar-refractivity contribution in [1.29, 1.82) is 0 Å². The predicted octanol–water partition coefficient (Wildman–Crippen LogP) is 12.3. The zero-order chi connectivity index (χ0) is 36.3. The molecule has 0 aliphatic heterocycles. The van der Waals surface area contributed by atoms with Crippen LogP contribution in [0.5, 0.6) is 0 Å². The Bertz CT molecular complexity index is 1430. The fraction of sp³-hybridized carbons (Fsp3) is 0.578. The van der Waals surface area contributed by atoms with Gasteiger partial charge in [0.1, 0.15) is 0 Å². The van der Waals surface area contributed by atoms with Gasteiger partial charge < -0.3 is 5.11 Å². The van der Waals surface area contributed by atoms with Crippen molar-refractivity contribution < 1.29 is 9.90 Å². The third kappa shape index (κ3) is 8.06. The number of carbonyl (C=O) groups is 1. The normalized spacial score (nSPS) is 14.0. The third-order valence-electron chi connectivity index (χ3n) is 9.88. The van der Waals surface area contributed by atoms with E-state index in [0.717, 1.165) is 16.7 Å². The molecule has 1 N–H and O–H groups in total. The van der Waals surface area contributed by atoms with Gasteiger partial charge in [-0.1, -0.05) is 179 Å². The molecule has 0 radical (unpaired) electrons. The van der Waals surface area contributed by atoms with E-state index >= 15 is 0 Å². The Labute approximate surface area is 288 Å². The second-order valence-corrected chi connectivity index (χ2v) is 20.3. The van der Waals surface area contributed by atoms with Crippen molar-refractivity contribution in [2.75, 3.05) is 0 Å². The highest BCUT2D eigenvalue weighted by molar-refractivity contribution is 5.75. The average Bonchev–Trinajstić information content (AvgIpc) is 2.87. The number of carboxylic acid groups (broad SMARTS) is 1. The molecule has 258 valence electrons. The molecule has 0 aliphatic carbocycles. The lowest BCUT2D eigenvalue weighted by Crippen LogP contribution is -2.40. The first-order valence-electron chi connectivity index (χ1n) is 17.6. The average molecular weight is 639 g/mol. The smallest absolute Gasteiger partial charge is 0.304 e. The summed E-state index contributed by atoms with van der Waals surface area (Å²) in [4.78, 5) is 13.5. The summed E-state index contributed by atoms with van der Waals surface area (Å²) in [5.74, 6) is -0.802. The molecular formula is C45H66O2. The van der Waals surface area contributed by atoms with Crippen LogP contribution in [0, 0.1) is 0 Å². The van der Waals surface area contributed by atoms with E-state index in [-0.39, 0.29) is 38.9 Å². The zero-order valence-corrected chi connectivity index (χ0v) is 33.3. The van der Waals surface area contributed by atoms with E-state index in [1.54, 1.807) is 0 Å². The second kappa shape index (κ2) is 12.2. The molecule has 0 aliphatic rings. The summed E-state index contributed by atoms with van der Waals surface area (Å²) < 4.78 is 0. The lowest BCUT2D eigenvalue weighted by molar-refractivity contribution is -0.137. The van der Waals surface area contributed by atoms with E-state index in [2.05, 4.69) is 179 Å². The molecule has 0 heterocycles. The first kappa shape index (κ1) is 38.6. The Kier molecular flexibility index (Phi) is 10.0. The third-order valence-corrected chi connectivity index (χ3v) is 9.88. The van der Waals surface area contributed by atoms with Crippen LogP contribution >= 0.6 is 0 Å². The van der Waals surface area contributed by atoms with E-state index in [9.17, 15) is 9.90 Å². The first-order valence-corrected chi connectivity index (χ1v) is 17.6. The van der Waals surface area contributed by atoms with Gasteiger partial charge in [-0.25, -0.2) is 0 Å². The van der Waals surface area contributed by atoms with Gasteiger partial charge in [0.2, 0.25) is 0 Å². The quantitative estimate of drug-likeness (QED) is 0.282. The van der Waals surface area contributed by atoms with Crippen LogP contribution in [0.15, 0.2) is 54.6 Å². The molecule has 3 aromatic rings. The lowest BCUT2D eigenvalue weighted by Gasteiger charge is -2.45. The summed E-state index contributed by atoms with van der Waals surface area (Å²) in [5.41, 5.74) is 8.82. The molecule has 0 bridgehead atoms. The van der Waals surface area contributed by atoms with Gasteiger partial charge in [-0.2, -0.15) is 0 Å². The lowest BCUT2D eigenvalue weighted by atomic mass is 9.58. The molecule has 2 nitrogen and oxygen atoms in total. The SMILES string of the molecule is CC(C)(C)c1ccc(C(CC(=O)O)(c2ccc(C(C)(C)C)cc2C(C)(C)C)c2ccc(C(C)(C)C)cc2C(C)(C)C)c(C(C)(C)C)c1. The van der Waals surface area contributed by atoms with E-state index < -0.39 is 11.4 Å². The van der Waals surface area contributed by atoms with Crippen molar-refractivity contribution >= 4 is 5.97 Å². The number of hydrogen-bond acceptors (Lipinski definition) is 1. The van der Waals surface area contributed by atoms with E-state index in [1.165, 1.54) is 33.4 Å². The molecule has 0 atom stereocenters. The van der Waals surface area contributed by atoms with Gasteiger partial charge >= 0.3 is 5.97 Å². The summed E-state index contributed by atoms with van der Waals surface area (Å²) >= 11 is 0. The van der Waals surface area contributed by atoms with Gasteiger partial charge in [-0.15, -0.1) is 0 Å². The van der Waals surface area contributed by atoms with Crippen molar-refractivity contribution in [1.82, 2.24) is 0 Å². The highest BCUT2D eigenvalue weighted by Crippen LogP contribution is 2.53. The Morgan fingerprint density at radius 3 is 0.809 bits per heavy atom. The molecule has 0 spiro atoms. The van der Waals surface area contributed by atoms with Crippen LogP contribution in [-0.4, -0.2) is 11.1 Å². The van der Waals surface area contributed by atoms with Crippen LogP contribution in [0.25, 0.3) is 0 Å². The Morgan fingerprint density at radius 1 is 0.404 bits per heavy atom. The van der Waals surface area contributed by atoms with Gasteiger partial charge in [-0.3, -0.25) is 4.79 Å². The monoisotopic (exact) mass is 639 g/mol. The maximum absolute atomic E-state index is 13.5. The van der Waals surface area contributed by atoms with Crippen molar-refractivity contribution in [3.8, 4) is 0 Å². The standard InChI is InChI=1S/C45H66O2/c1-39(2,3)29-19-22-32(35(25-29)42(10,11)12)45(28-38(46)47,33-23-20-30(40(4,5)6)26-36(33)43(13,14)15)34-24-21-31(41(7,8)9)27-37(34)44(16,17)18/h19-27H,28H2,1-18H3,(H,46,47). The number of aliphatic carboxylic acids is 1. The van der Waals surface area contributed by atoms with Crippen LogP contribution in [0.4, 0.5) is 0 Å². The molecule has 0 saturated heterocycles. The molecule has 2 heteroatoms. The summed E-state index contributed by atoms with van der Waals surface area (Å²) in [6, 6.07) is 20.7. The Hall–Kier alpha value is -2.87. The van der Waals surface area contributed by atoms with Gasteiger partial charge in [0.15, 0.2) is 0 Å². The number of carboxylic acids is 1. The Morgan fingerprint density at radius 2 is 0.638 bits per heavy atom. The van der Waals surface area contributed by atoms with Crippen molar-refractivity contribution in [2.24, 2.45) is 0 Å². The van der Waals surface area contributed by atoms with Crippen molar-refractivity contribution in [2.45, 2.75) is 169 Å². The molecule has 0 unspecified atom stereocenters. The first-order chi connectivity index (χ1) is 20.9. The van der Waals surface area contributed by atoms with Crippen molar-refractivity contribution in [3.05, 3.63) is 105 Å². The maximum Gasteiger partial charge on any atom is 0.304 e.